The number of aryl methyl sites for hydroxylation is 2. The number of nitrogens with zero attached hydrogens (tertiary/aromatic N) is 2. The molecule has 5 heteroatoms. The topological polar surface area (TPSA) is 44.3 Å². The first-order valence-corrected chi connectivity index (χ1v) is 11.9. The highest BCUT2D eigenvalue weighted by atomic mass is 15.2. The number of hydrogen-bond donors (Lipinski definition) is 3. The predicted octanol–water partition coefficient (Wildman–Crippen LogP) is 5.32. The Balaban J connectivity index is 1.53. The molecule has 3 aromatic rings. The summed E-state index contributed by atoms with van der Waals surface area (Å²) in [5.74, 6) is 0. The van der Waals surface area contributed by atoms with E-state index in [9.17, 15) is 0 Å². The Kier molecular flexibility index (Phi) is 7.18. The number of para-hydroxylation sites is 2. The molecule has 2 atom stereocenters. The van der Waals surface area contributed by atoms with Crippen LogP contribution < -0.4 is 16.0 Å². The Labute approximate surface area is 192 Å². The summed E-state index contributed by atoms with van der Waals surface area (Å²) >= 11 is 0. The molecule has 0 amide bonds. The third kappa shape index (κ3) is 5.00. The maximum absolute atomic E-state index is 3.78. The van der Waals surface area contributed by atoms with Crippen LogP contribution in [0.5, 0.6) is 0 Å². The van der Waals surface area contributed by atoms with Crippen LogP contribution in [0.15, 0.2) is 60.7 Å². The largest absolute Gasteiger partial charge is 0.376 e. The molecule has 5 nitrogen and oxygen atoms in total. The first-order chi connectivity index (χ1) is 15.6. The van der Waals surface area contributed by atoms with Crippen LogP contribution in [0.25, 0.3) is 5.69 Å². The summed E-state index contributed by atoms with van der Waals surface area (Å²) in [6, 6.07) is 22.1. The van der Waals surface area contributed by atoms with Gasteiger partial charge in [0.2, 0.25) is 0 Å². The van der Waals surface area contributed by atoms with Gasteiger partial charge in [0.1, 0.15) is 0 Å². The Hall–Kier alpha value is -2.76. The van der Waals surface area contributed by atoms with E-state index in [2.05, 4.69) is 114 Å². The fourth-order valence-corrected chi connectivity index (χ4v) is 4.69. The monoisotopic (exact) mass is 431 g/mol. The number of benzene rings is 2. The molecule has 0 fully saturated rings. The Morgan fingerprint density at radius 3 is 2.12 bits per heavy atom. The van der Waals surface area contributed by atoms with Gasteiger partial charge in [-0.15, -0.1) is 0 Å². The number of likely N-dealkylation sites (N-methyl/N-ethyl adjacent to an activating group) is 1. The predicted molar refractivity (Wildman–Crippen MR) is 136 cm³/mol. The highest BCUT2D eigenvalue weighted by molar-refractivity contribution is 5.70. The lowest BCUT2D eigenvalue weighted by Crippen LogP contribution is -2.41. The fourth-order valence-electron chi connectivity index (χ4n) is 4.69. The molecule has 4 rings (SSSR count). The summed E-state index contributed by atoms with van der Waals surface area (Å²) in [6.07, 6.45) is 1.17. The zero-order chi connectivity index (χ0) is 22.5. The van der Waals surface area contributed by atoms with Crippen molar-refractivity contribution in [3.8, 4) is 5.69 Å². The molecule has 0 radical (unpaired) electrons. The molecule has 0 aliphatic carbocycles. The summed E-state index contributed by atoms with van der Waals surface area (Å²) in [4.78, 5) is 2.46. The second kappa shape index (κ2) is 10.2. The van der Waals surface area contributed by atoms with E-state index in [4.69, 9.17) is 0 Å². The number of nitrogens with one attached hydrogen (secondary N) is 3. The zero-order valence-electron chi connectivity index (χ0n) is 19.9. The van der Waals surface area contributed by atoms with Gasteiger partial charge in [0.05, 0.1) is 23.6 Å². The number of aromatic nitrogens is 1. The van der Waals surface area contributed by atoms with Gasteiger partial charge in [-0.2, -0.15) is 0 Å². The van der Waals surface area contributed by atoms with E-state index in [1.54, 1.807) is 0 Å². The van der Waals surface area contributed by atoms with Gasteiger partial charge in [-0.3, -0.25) is 5.32 Å². The molecule has 0 saturated heterocycles. The van der Waals surface area contributed by atoms with E-state index in [-0.39, 0.29) is 12.2 Å². The van der Waals surface area contributed by atoms with E-state index in [0.29, 0.717) is 0 Å². The number of fused-ring (bicyclic) bond motifs is 1. The van der Waals surface area contributed by atoms with Crippen LogP contribution >= 0.6 is 0 Å². The molecular formula is C27H37N5. The average molecular weight is 432 g/mol. The van der Waals surface area contributed by atoms with Crippen molar-refractivity contribution < 1.29 is 0 Å². The molecule has 1 aliphatic heterocycles. The lowest BCUT2D eigenvalue weighted by Gasteiger charge is -2.25. The number of rotatable bonds is 8. The molecule has 0 saturated carbocycles. The Bertz CT molecular complexity index is 984. The third-order valence-corrected chi connectivity index (χ3v) is 6.60. The van der Waals surface area contributed by atoms with Crippen molar-refractivity contribution in [2.24, 2.45) is 0 Å². The SMILES string of the molecule is CCN(CC)CCNC1CC(c2ccc(-n3c(C)ccc3C)cc2)Nc2ccccc2N1. The van der Waals surface area contributed by atoms with E-state index >= 15 is 0 Å². The molecule has 32 heavy (non-hydrogen) atoms. The van der Waals surface area contributed by atoms with Gasteiger partial charge in [-0.25, -0.2) is 0 Å². The Morgan fingerprint density at radius 1 is 0.875 bits per heavy atom. The molecule has 0 spiro atoms. The summed E-state index contributed by atoms with van der Waals surface area (Å²) in [7, 11) is 0. The zero-order valence-corrected chi connectivity index (χ0v) is 19.9. The molecule has 1 aliphatic rings. The molecule has 2 aromatic carbocycles. The summed E-state index contributed by atoms with van der Waals surface area (Å²) in [5.41, 5.74) is 7.37. The maximum atomic E-state index is 3.78. The quantitative estimate of drug-likeness (QED) is 0.452. The van der Waals surface area contributed by atoms with Crippen molar-refractivity contribution in [1.29, 1.82) is 0 Å². The molecule has 2 heterocycles. The second-order valence-corrected chi connectivity index (χ2v) is 8.70. The van der Waals surface area contributed by atoms with E-state index in [0.717, 1.165) is 44.0 Å². The lowest BCUT2D eigenvalue weighted by atomic mass is 10.0. The van der Waals surface area contributed by atoms with Crippen molar-refractivity contribution >= 4 is 11.4 Å². The van der Waals surface area contributed by atoms with E-state index in [1.807, 2.05) is 0 Å². The molecule has 2 unspecified atom stereocenters. The van der Waals surface area contributed by atoms with Crippen molar-refractivity contribution in [2.45, 2.75) is 46.3 Å². The van der Waals surface area contributed by atoms with Gasteiger partial charge in [-0.05, 0) is 68.9 Å². The van der Waals surface area contributed by atoms with Crippen LogP contribution in [0.1, 0.15) is 43.3 Å². The molecule has 0 bridgehead atoms. The van der Waals surface area contributed by atoms with Gasteiger partial charge in [0.25, 0.3) is 0 Å². The third-order valence-electron chi connectivity index (χ3n) is 6.60. The maximum Gasteiger partial charge on any atom is 0.0792 e. The first kappa shape index (κ1) is 22.4. The van der Waals surface area contributed by atoms with E-state index in [1.165, 1.54) is 22.6 Å². The molecule has 170 valence electrons. The summed E-state index contributed by atoms with van der Waals surface area (Å²) in [6.45, 7) is 13.0. The van der Waals surface area contributed by atoms with Crippen molar-refractivity contribution in [3.63, 3.8) is 0 Å². The second-order valence-electron chi connectivity index (χ2n) is 8.70. The van der Waals surface area contributed by atoms with Crippen LogP contribution in [0.4, 0.5) is 11.4 Å². The number of anilines is 2. The standard InChI is InChI=1S/C27H37N5/c1-5-31(6-2)18-17-28-27-19-26(29-24-9-7-8-10-25(24)30-27)22-13-15-23(16-14-22)32-20(3)11-12-21(32)4/h7-16,26-30H,5-6,17-19H2,1-4H3. The van der Waals surface area contributed by atoms with Crippen LogP contribution in [-0.4, -0.2) is 41.8 Å². The fraction of sp³-hybridized carbons (Fsp3) is 0.407. The number of hydrogen-bond acceptors (Lipinski definition) is 4. The minimum atomic E-state index is 0.209. The van der Waals surface area contributed by atoms with Crippen LogP contribution in [0, 0.1) is 13.8 Å². The van der Waals surface area contributed by atoms with Crippen LogP contribution in [-0.2, 0) is 0 Å². The highest BCUT2D eigenvalue weighted by Crippen LogP contribution is 2.33. The van der Waals surface area contributed by atoms with E-state index < -0.39 is 0 Å². The average Bonchev–Trinajstić information content (AvgIpc) is 3.03. The van der Waals surface area contributed by atoms with Gasteiger partial charge < -0.3 is 20.1 Å². The van der Waals surface area contributed by atoms with Crippen LogP contribution in [0.3, 0.4) is 0 Å². The van der Waals surface area contributed by atoms with Gasteiger partial charge in [0.15, 0.2) is 0 Å². The van der Waals surface area contributed by atoms with Gasteiger partial charge in [0, 0.05) is 36.6 Å². The minimum absolute atomic E-state index is 0.209. The van der Waals surface area contributed by atoms with Crippen molar-refractivity contribution in [1.82, 2.24) is 14.8 Å². The smallest absolute Gasteiger partial charge is 0.0792 e. The highest BCUT2D eigenvalue weighted by Gasteiger charge is 2.23. The normalized spacial score (nSPS) is 18.0. The van der Waals surface area contributed by atoms with Crippen molar-refractivity contribution in [3.05, 3.63) is 77.6 Å². The molecule has 1 aromatic heterocycles. The molecule has 3 N–H and O–H groups in total. The summed E-state index contributed by atoms with van der Waals surface area (Å²) < 4.78 is 2.30. The lowest BCUT2D eigenvalue weighted by molar-refractivity contribution is 0.296. The molecular weight excluding hydrogens is 394 g/mol. The van der Waals surface area contributed by atoms with Gasteiger partial charge >= 0.3 is 0 Å². The van der Waals surface area contributed by atoms with Crippen LogP contribution in [0.2, 0.25) is 0 Å². The van der Waals surface area contributed by atoms with Gasteiger partial charge in [-0.1, -0.05) is 38.1 Å². The Morgan fingerprint density at radius 2 is 1.50 bits per heavy atom. The first-order valence-electron chi connectivity index (χ1n) is 11.9. The van der Waals surface area contributed by atoms with Crippen molar-refractivity contribution in [2.75, 3.05) is 36.8 Å². The minimum Gasteiger partial charge on any atom is -0.376 e. The summed E-state index contributed by atoms with van der Waals surface area (Å²) in [5, 5.41) is 11.3.